The van der Waals surface area contributed by atoms with Crippen molar-refractivity contribution < 1.29 is 38.5 Å². The molecule has 0 aromatic heterocycles. The van der Waals surface area contributed by atoms with Gasteiger partial charge in [0.2, 0.25) is 5.60 Å². The number of benzene rings is 2. The Hall–Kier alpha value is -4.44. The summed E-state index contributed by atoms with van der Waals surface area (Å²) in [7, 11) is 2.29. The molecule has 39 heavy (non-hydrogen) atoms. The predicted molar refractivity (Wildman–Crippen MR) is 136 cm³/mol. The highest BCUT2D eigenvalue weighted by Gasteiger charge is 2.65. The van der Waals surface area contributed by atoms with Crippen molar-refractivity contribution in [3.05, 3.63) is 94.5 Å². The van der Waals surface area contributed by atoms with E-state index < -0.39 is 41.4 Å². The third kappa shape index (κ3) is 3.99. The van der Waals surface area contributed by atoms with E-state index in [1.54, 1.807) is 42.2 Å². The van der Waals surface area contributed by atoms with Gasteiger partial charge in [0, 0.05) is 18.2 Å². The van der Waals surface area contributed by atoms with Crippen molar-refractivity contribution in [3.63, 3.8) is 0 Å². The summed E-state index contributed by atoms with van der Waals surface area (Å²) >= 11 is 0. The number of hydrogen-bond donors (Lipinski definition) is 1. The highest BCUT2D eigenvalue weighted by Crippen LogP contribution is 2.51. The second kappa shape index (κ2) is 10.0. The lowest BCUT2D eigenvalue weighted by Crippen LogP contribution is -2.67. The Kier molecular flexibility index (Phi) is 6.73. The molecule has 1 N–H and O–H groups in total. The molecule has 0 bridgehead atoms. The number of ether oxygens (including phenoxy) is 3. The normalized spacial score (nSPS) is 24.6. The molecule has 2 aromatic rings. The molecule has 3 aliphatic rings. The second-order valence-electron chi connectivity index (χ2n) is 9.52. The van der Waals surface area contributed by atoms with Gasteiger partial charge >= 0.3 is 17.9 Å². The largest absolute Gasteiger partial charge is 0.466 e. The van der Waals surface area contributed by atoms with Gasteiger partial charge < -0.3 is 24.2 Å². The molecular weight excluding hydrogens is 504 g/mol. The van der Waals surface area contributed by atoms with E-state index in [4.69, 9.17) is 14.2 Å². The molecule has 10 nitrogen and oxygen atoms in total. The number of carbonyl (C=O) groups excluding carboxylic acids is 4. The first-order chi connectivity index (χ1) is 18.7. The molecule has 2 aromatic carbocycles. The van der Waals surface area contributed by atoms with Crippen molar-refractivity contribution in [2.45, 2.75) is 31.5 Å². The highest BCUT2D eigenvalue weighted by atomic mass is 16.5. The van der Waals surface area contributed by atoms with Gasteiger partial charge in [0.25, 0.3) is 5.91 Å². The van der Waals surface area contributed by atoms with Crippen LogP contribution in [0.1, 0.15) is 30.5 Å². The van der Waals surface area contributed by atoms with Gasteiger partial charge in [0.05, 0.1) is 38.0 Å². The first-order valence-electron chi connectivity index (χ1n) is 12.5. The van der Waals surface area contributed by atoms with E-state index in [1.165, 1.54) is 7.11 Å². The predicted octanol–water partition coefficient (Wildman–Crippen LogP) is 2.21. The topological polar surface area (TPSA) is 123 Å². The number of nitrogens with zero attached hydrogens (tertiary/aromatic N) is 2. The van der Waals surface area contributed by atoms with Crippen LogP contribution in [0.25, 0.3) is 0 Å². The molecule has 3 aliphatic heterocycles. The monoisotopic (exact) mass is 532 g/mol. The molecule has 10 heteroatoms. The van der Waals surface area contributed by atoms with Crippen molar-refractivity contribution >= 4 is 23.8 Å². The summed E-state index contributed by atoms with van der Waals surface area (Å²) in [6, 6.07) is 16.9. The Labute approximate surface area is 225 Å². The molecule has 1 fully saturated rings. The highest BCUT2D eigenvalue weighted by molar-refractivity contribution is 6.12. The quantitative estimate of drug-likeness (QED) is 0.351. The molecule has 202 valence electrons. The number of allylic oxidation sites excluding steroid dienone is 1. The zero-order chi connectivity index (χ0) is 27.9. The summed E-state index contributed by atoms with van der Waals surface area (Å²) in [4.78, 5) is 57.0. The Morgan fingerprint density at radius 2 is 1.67 bits per heavy atom. The zero-order valence-electron chi connectivity index (χ0n) is 21.7. The minimum atomic E-state index is -2.72. The van der Waals surface area contributed by atoms with Crippen molar-refractivity contribution in [3.8, 4) is 0 Å². The summed E-state index contributed by atoms with van der Waals surface area (Å²) in [6.45, 7) is 1.80. The van der Waals surface area contributed by atoms with E-state index >= 15 is 0 Å². The lowest BCUT2D eigenvalue weighted by molar-refractivity contribution is -0.186. The van der Waals surface area contributed by atoms with Crippen molar-refractivity contribution in [2.24, 2.45) is 5.92 Å². The summed E-state index contributed by atoms with van der Waals surface area (Å²) < 4.78 is 15.4. The molecule has 3 heterocycles. The van der Waals surface area contributed by atoms with Crippen molar-refractivity contribution in [1.82, 2.24) is 9.80 Å². The molecule has 1 saturated heterocycles. The van der Waals surface area contributed by atoms with Gasteiger partial charge in [-0.1, -0.05) is 60.7 Å². The Balaban J connectivity index is 1.87. The molecule has 0 spiro atoms. The molecule has 3 atom stereocenters. The van der Waals surface area contributed by atoms with Gasteiger partial charge in [-0.2, -0.15) is 0 Å². The number of carbonyl (C=O) groups is 4. The number of amides is 1. The lowest BCUT2D eigenvalue weighted by Gasteiger charge is -2.53. The minimum absolute atomic E-state index is 0.0254. The number of esters is 3. The Morgan fingerprint density at radius 1 is 1.03 bits per heavy atom. The Morgan fingerprint density at radius 3 is 2.28 bits per heavy atom. The number of hydrogen-bond acceptors (Lipinski definition) is 9. The SMILES string of the molecule is COC(=O)C1=C(C)N(Cc2ccccc2)C2=C3C(=O)OCC[C@@H]3[C@@](O)(C(=O)OC)C(=O)N2[C@@H]1c1ccccc1. The number of aliphatic hydroxyl groups is 1. The summed E-state index contributed by atoms with van der Waals surface area (Å²) in [5.74, 6) is -4.74. The molecule has 0 unspecified atom stereocenters. The number of rotatable bonds is 5. The van der Waals surface area contributed by atoms with Crippen LogP contribution in [0.4, 0.5) is 0 Å². The van der Waals surface area contributed by atoms with Crippen molar-refractivity contribution in [1.29, 1.82) is 0 Å². The van der Waals surface area contributed by atoms with Crippen LogP contribution in [-0.2, 0) is 39.9 Å². The van der Waals surface area contributed by atoms with E-state index in [0.29, 0.717) is 11.3 Å². The third-order valence-electron chi connectivity index (χ3n) is 7.51. The van der Waals surface area contributed by atoms with Crippen molar-refractivity contribution in [2.75, 3.05) is 20.8 Å². The molecule has 5 rings (SSSR count). The maximum Gasteiger partial charge on any atom is 0.348 e. The molecular formula is C29H28N2O8. The Bertz CT molecular complexity index is 1400. The minimum Gasteiger partial charge on any atom is -0.466 e. The van der Waals surface area contributed by atoms with Gasteiger partial charge in [-0.3, -0.25) is 9.69 Å². The maximum atomic E-state index is 14.4. The number of methoxy groups -OCH3 is 2. The molecule has 0 saturated carbocycles. The number of fused-ring (bicyclic) bond motifs is 2. The fourth-order valence-corrected chi connectivity index (χ4v) is 5.67. The smallest absolute Gasteiger partial charge is 0.348 e. The van der Waals surface area contributed by atoms with Crippen LogP contribution in [0.2, 0.25) is 0 Å². The summed E-state index contributed by atoms with van der Waals surface area (Å²) in [5.41, 5.74) is -0.842. The van der Waals surface area contributed by atoms with E-state index in [2.05, 4.69) is 0 Å². The van der Waals surface area contributed by atoms with Crippen LogP contribution in [0.3, 0.4) is 0 Å². The van der Waals surface area contributed by atoms with Crippen LogP contribution in [0, 0.1) is 5.92 Å². The van der Waals surface area contributed by atoms with Gasteiger partial charge in [-0.25, -0.2) is 14.4 Å². The van der Waals surface area contributed by atoms with Crippen LogP contribution < -0.4 is 0 Å². The molecule has 0 aliphatic carbocycles. The summed E-state index contributed by atoms with van der Waals surface area (Å²) in [6.07, 6.45) is 0.0254. The average molecular weight is 533 g/mol. The fourth-order valence-electron chi connectivity index (χ4n) is 5.67. The third-order valence-corrected chi connectivity index (χ3v) is 7.51. The first kappa shape index (κ1) is 26.2. The fraction of sp³-hybridized carbons (Fsp3) is 0.310. The lowest BCUT2D eigenvalue weighted by atomic mass is 9.73. The first-order valence-corrected chi connectivity index (χ1v) is 12.5. The standard InChI is InChI=1S/C29H28N2O8/c1-17-21(25(32)37-2)23(19-12-8-5-9-13-19)31-24(30(17)16-18-10-6-4-7-11-18)22-20(14-15-39-26(22)33)29(36,27(31)34)28(35)38-3/h4-13,20,23,36H,14-16H2,1-3H3/t20-,23+,29-/m0/s1. The zero-order valence-corrected chi connectivity index (χ0v) is 21.7. The van der Waals surface area contributed by atoms with Crippen LogP contribution in [0.15, 0.2) is 83.3 Å². The van der Waals surface area contributed by atoms with E-state index in [0.717, 1.165) is 17.6 Å². The molecule has 0 radical (unpaired) electrons. The van der Waals surface area contributed by atoms with Crippen LogP contribution >= 0.6 is 0 Å². The average Bonchev–Trinajstić information content (AvgIpc) is 2.96. The second-order valence-corrected chi connectivity index (χ2v) is 9.52. The van der Waals surface area contributed by atoms with Crippen LogP contribution in [-0.4, -0.2) is 65.1 Å². The van der Waals surface area contributed by atoms with Gasteiger partial charge in [0.15, 0.2) is 0 Å². The van der Waals surface area contributed by atoms with Gasteiger partial charge in [-0.05, 0) is 24.5 Å². The van der Waals surface area contributed by atoms with E-state index in [-0.39, 0.29) is 36.5 Å². The number of cyclic esters (lactones) is 1. The van der Waals surface area contributed by atoms with E-state index in [9.17, 15) is 24.3 Å². The van der Waals surface area contributed by atoms with Gasteiger partial charge in [0.1, 0.15) is 5.82 Å². The van der Waals surface area contributed by atoms with Gasteiger partial charge in [-0.15, -0.1) is 0 Å². The molecule has 1 amide bonds. The summed E-state index contributed by atoms with van der Waals surface area (Å²) in [5, 5.41) is 11.8. The van der Waals surface area contributed by atoms with Crippen LogP contribution in [0.5, 0.6) is 0 Å². The maximum absolute atomic E-state index is 14.4. The van der Waals surface area contributed by atoms with E-state index in [1.807, 2.05) is 30.3 Å².